The Morgan fingerprint density at radius 2 is 2.08 bits per heavy atom. The van der Waals surface area contributed by atoms with Gasteiger partial charge >= 0.3 is 0 Å². The average Bonchev–Trinajstić information content (AvgIpc) is 3.18. The predicted octanol–water partition coefficient (Wildman–Crippen LogP) is 2.51. The molecule has 1 N–H and O–H groups in total. The summed E-state index contributed by atoms with van der Waals surface area (Å²) in [4.78, 5) is 26.8. The topological polar surface area (TPSA) is 67.9 Å². The smallest absolute Gasteiger partial charge is 0.242 e. The maximum atomic E-state index is 12.6. The van der Waals surface area contributed by atoms with Crippen LogP contribution in [0, 0.1) is 0 Å². The first-order valence-corrected chi connectivity index (χ1v) is 9.36. The Labute approximate surface area is 155 Å². The van der Waals surface area contributed by atoms with Crippen molar-refractivity contribution >= 4 is 11.8 Å². The molecule has 0 radical (unpaired) electrons. The number of nitrogens with zero attached hydrogens (tertiary/aromatic N) is 1. The van der Waals surface area contributed by atoms with Gasteiger partial charge < -0.3 is 19.7 Å². The van der Waals surface area contributed by atoms with Gasteiger partial charge in [0, 0.05) is 26.1 Å². The Morgan fingerprint density at radius 3 is 2.65 bits per heavy atom. The van der Waals surface area contributed by atoms with Crippen LogP contribution in [0.3, 0.4) is 0 Å². The third-order valence-corrected chi connectivity index (χ3v) is 4.67. The summed E-state index contributed by atoms with van der Waals surface area (Å²) in [6.45, 7) is 5.40. The van der Waals surface area contributed by atoms with Crippen LogP contribution in [0.15, 0.2) is 24.3 Å². The van der Waals surface area contributed by atoms with Crippen molar-refractivity contribution in [2.24, 2.45) is 0 Å². The number of rotatable bonds is 9. The van der Waals surface area contributed by atoms with Crippen LogP contribution in [0.2, 0.25) is 0 Å². The summed E-state index contributed by atoms with van der Waals surface area (Å²) < 4.78 is 10.7. The van der Waals surface area contributed by atoms with Crippen molar-refractivity contribution < 1.29 is 19.1 Å². The van der Waals surface area contributed by atoms with Gasteiger partial charge in [-0.15, -0.1) is 0 Å². The molecule has 1 aromatic rings. The lowest BCUT2D eigenvalue weighted by atomic mass is 10.1. The molecule has 1 aromatic carbocycles. The van der Waals surface area contributed by atoms with Gasteiger partial charge in [0.2, 0.25) is 11.8 Å². The SMILES string of the molecule is CCCC(=O)N(Cc1ccc(OC)cc1)[C@@H](C)C(=O)NC[C@H]1CCCO1. The van der Waals surface area contributed by atoms with Gasteiger partial charge in [0.15, 0.2) is 0 Å². The molecule has 2 atom stereocenters. The Balaban J connectivity index is 2.01. The lowest BCUT2D eigenvalue weighted by Gasteiger charge is -2.29. The van der Waals surface area contributed by atoms with E-state index in [0.717, 1.165) is 37.2 Å². The van der Waals surface area contributed by atoms with E-state index < -0.39 is 6.04 Å². The van der Waals surface area contributed by atoms with Crippen LogP contribution in [0.5, 0.6) is 5.75 Å². The molecule has 26 heavy (non-hydrogen) atoms. The minimum Gasteiger partial charge on any atom is -0.497 e. The summed E-state index contributed by atoms with van der Waals surface area (Å²) >= 11 is 0. The van der Waals surface area contributed by atoms with Crippen molar-refractivity contribution in [3.05, 3.63) is 29.8 Å². The van der Waals surface area contributed by atoms with E-state index in [9.17, 15) is 9.59 Å². The Morgan fingerprint density at radius 1 is 1.35 bits per heavy atom. The molecule has 0 bridgehead atoms. The lowest BCUT2D eigenvalue weighted by molar-refractivity contribution is -0.140. The van der Waals surface area contributed by atoms with E-state index in [1.807, 2.05) is 31.2 Å². The fraction of sp³-hybridized carbons (Fsp3) is 0.600. The number of amides is 2. The Kier molecular flexibility index (Phi) is 7.91. The standard InChI is InChI=1S/C20H30N2O4/c1-4-6-19(23)22(14-16-8-10-17(25-3)11-9-16)15(2)20(24)21-13-18-7-5-12-26-18/h8-11,15,18H,4-7,12-14H2,1-3H3,(H,21,24)/t15-,18+/m0/s1. The highest BCUT2D eigenvalue weighted by Gasteiger charge is 2.26. The van der Waals surface area contributed by atoms with E-state index in [1.165, 1.54) is 0 Å². The molecule has 0 spiro atoms. The Bertz CT molecular complexity index is 582. The van der Waals surface area contributed by atoms with E-state index in [0.29, 0.717) is 19.5 Å². The molecule has 1 saturated heterocycles. The van der Waals surface area contributed by atoms with Crippen molar-refractivity contribution in [1.82, 2.24) is 10.2 Å². The molecular weight excluding hydrogens is 332 g/mol. The zero-order valence-corrected chi connectivity index (χ0v) is 16.0. The quantitative estimate of drug-likeness (QED) is 0.733. The highest BCUT2D eigenvalue weighted by atomic mass is 16.5. The van der Waals surface area contributed by atoms with Gasteiger partial charge in [-0.25, -0.2) is 0 Å². The fourth-order valence-electron chi connectivity index (χ4n) is 3.04. The third kappa shape index (κ3) is 5.73. The normalized spacial score (nSPS) is 17.6. The van der Waals surface area contributed by atoms with Gasteiger partial charge in [-0.05, 0) is 43.9 Å². The molecule has 1 heterocycles. The first kappa shape index (κ1) is 20.2. The highest BCUT2D eigenvalue weighted by Crippen LogP contribution is 2.16. The number of ether oxygens (including phenoxy) is 2. The van der Waals surface area contributed by atoms with Crippen molar-refractivity contribution in [2.45, 2.75) is 58.2 Å². The minimum absolute atomic E-state index is 0.0110. The molecule has 144 valence electrons. The maximum Gasteiger partial charge on any atom is 0.242 e. The number of carbonyl (C=O) groups excluding carboxylic acids is 2. The molecule has 0 unspecified atom stereocenters. The number of nitrogens with one attached hydrogen (secondary N) is 1. The van der Waals surface area contributed by atoms with Crippen LogP contribution < -0.4 is 10.1 Å². The number of carbonyl (C=O) groups is 2. The summed E-state index contributed by atoms with van der Waals surface area (Å²) in [5.74, 6) is 0.615. The van der Waals surface area contributed by atoms with Gasteiger partial charge in [0.05, 0.1) is 13.2 Å². The molecule has 1 aliphatic heterocycles. The van der Waals surface area contributed by atoms with E-state index >= 15 is 0 Å². The van der Waals surface area contributed by atoms with E-state index in [4.69, 9.17) is 9.47 Å². The van der Waals surface area contributed by atoms with Gasteiger partial charge in [-0.1, -0.05) is 19.1 Å². The van der Waals surface area contributed by atoms with Crippen LogP contribution in [0.4, 0.5) is 0 Å². The molecule has 6 nitrogen and oxygen atoms in total. The lowest BCUT2D eigenvalue weighted by Crippen LogP contribution is -2.48. The first-order chi connectivity index (χ1) is 12.5. The second kappa shape index (κ2) is 10.2. The zero-order valence-electron chi connectivity index (χ0n) is 16.0. The van der Waals surface area contributed by atoms with Crippen LogP contribution in [-0.2, 0) is 20.9 Å². The van der Waals surface area contributed by atoms with E-state index in [2.05, 4.69) is 5.32 Å². The molecule has 0 saturated carbocycles. The molecule has 6 heteroatoms. The van der Waals surface area contributed by atoms with Crippen LogP contribution in [-0.4, -0.2) is 49.1 Å². The fourth-order valence-corrected chi connectivity index (χ4v) is 3.04. The number of hydrogen-bond acceptors (Lipinski definition) is 4. The molecule has 0 aromatic heterocycles. The second-order valence-electron chi connectivity index (χ2n) is 6.68. The average molecular weight is 362 g/mol. The molecule has 2 amide bonds. The van der Waals surface area contributed by atoms with Gasteiger partial charge in [0.1, 0.15) is 11.8 Å². The summed E-state index contributed by atoms with van der Waals surface area (Å²) in [5, 5.41) is 2.93. The number of hydrogen-bond donors (Lipinski definition) is 1. The van der Waals surface area contributed by atoms with Gasteiger partial charge in [-0.3, -0.25) is 9.59 Å². The van der Waals surface area contributed by atoms with E-state index in [-0.39, 0.29) is 17.9 Å². The number of methoxy groups -OCH3 is 1. The van der Waals surface area contributed by atoms with Crippen LogP contribution in [0.1, 0.15) is 45.1 Å². The van der Waals surface area contributed by atoms with Crippen LogP contribution >= 0.6 is 0 Å². The highest BCUT2D eigenvalue weighted by molar-refractivity contribution is 5.87. The van der Waals surface area contributed by atoms with Gasteiger partial charge in [-0.2, -0.15) is 0 Å². The largest absolute Gasteiger partial charge is 0.497 e. The summed E-state index contributed by atoms with van der Waals surface area (Å²) in [6, 6.07) is 7.03. The third-order valence-electron chi connectivity index (χ3n) is 4.67. The molecule has 0 aliphatic carbocycles. The summed E-state index contributed by atoms with van der Waals surface area (Å²) in [5.41, 5.74) is 0.967. The zero-order chi connectivity index (χ0) is 18.9. The monoisotopic (exact) mass is 362 g/mol. The molecule has 1 aliphatic rings. The van der Waals surface area contributed by atoms with Crippen molar-refractivity contribution in [1.29, 1.82) is 0 Å². The van der Waals surface area contributed by atoms with Crippen molar-refractivity contribution in [3.63, 3.8) is 0 Å². The predicted molar refractivity (Wildman–Crippen MR) is 99.9 cm³/mol. The minimum atomic E-state index is -0.530. The van der Waals surface area contributed by atoms with Crippen LogP contribution in [0.25, 0.3) is 0 Å². The molecular formula is C20H30N2O4. The molecule has 1 fully saturated rings. The van der Waals surface area contributed by atoms with Gasteiger partial charge in [0.25, 0.3) is 0 Å². The Hall–Kier alpha value is -2.08. The van der Waals surface area contributed by atoms with Crippen molar-refractivity contribution in [2.75, 3.05) is 20.3 Å². The first-order valence-electron chi connectivity index (χ1n) is 9.36. The van der Waals surface area contributed by atoms with E-state index in [1.54, 1.807) is 18.9 Å². The second-order valence-corrected chi connectivity index (χ2v) is 6.68. The maximum absolute atomic E-state index is 12.6. The van der Waals surface area contributed by atoms with Crippen molar-refractivity contribution in [3.8, 4) is 5.75 Å². The summed E-state index contributed by atoms with van der Waals surface area (Å²) in [7, 11) is 1.62. The molecule has 2 rings (SSSR count). The summed E-state index contributed by atoms with van der Waals surface area (Å²) in [6.07, 6.45) is 3.28. The number of benzene rings is 1.